The summed E-state index contributed by atoms with van der Waals surface area (Å²) in [6.07, 6.45) is 3.01. The second-order valence-corrected chi connectivity index (χ2v) is 30.5. The predicted octanol–water partition coefficient (Wildman–Crippen LogP) is 2.61. The molecule has 117 heavy (non-hydrogen) atoms. The molecule has 2 aliphatic heterocycles. The summed E-state index contributed by atoms with van der Waals surface area (Å²) in [7, 11) is 0. The van der Waals surface area contributed by atoms with Gasteiger partial charge in [-0.25, -0.2) is 9.59 Å². The molecule has 33 nitrogen and oxygen atoms in total. The summed E-state index contributed by atoms with van der Waals surface area (Å²) in [5.74, 6) is -11.3. The van der Waals surface area contributed by atoms with E-state index in [2.05, 4.69) is 74.1 Å². The zero-order chi connectivity index (χ0) is 85.0. The van der Waals surface area contributed by atoms with E-state index in [1.165, 1.54) is 79.7 Å². The van der Waals surface area contributed by atoms with E-state index in [0.717, 1.165) is 10.8 Å². The van der Waals surface area contributed by atoms with Crippen LogP contribution in [0.2, 0.25) is 5.02 Å². The summed E-state index contributed by atoms with van der Waals surface area (Å²) in [4.78, 5) is 214. The number of hydrogen-bond donors (Lipinski definition) is 16. The highest BCUT2D eigenvalue weighted by atomic mass is 35.5. The summed E-state index contributed by atoms with van der Waals surface area (Å²) in [5.41, 5.74) is 13.6. The highest BCUT2D eigenvalue weighted by Crippen LogP contribution is 2.25. The van der Waals surface area contributed by atoms with E-state index in [9.17, 15) is 62.6 Å². The lowest BCUT2D eigenvalue weighted by atomic mass is 9.97. The standard InChI is InChI=1S/C83H104ClN17O16/c1-46(2)35-61(74(108)92-60(16-9-10-33-88-47(3)4)81(115)101-34-12-17-69(101)70(104)36-48(5)72(85)106)93-76(110)64(39-52-23-30-59(31-24-52)91-82(86)116)95-78(112)65(40-51-21-28-58(29-22-51)90-73(107)67-43-71(105)100-83(117)99-67)97-80(114)68(45-102)98-79(113)66(42-54-13-11-32-87-44-54)96-77(111)63(38-50-19-26-57(84)27-20-50)94-75(109)62(89-49(6)103)41-53-18-25-55-14-7-8-15-56(55)37-53/h7-8,11,13-15,18-32,37,44,46-48,60-69,88,102H,9-10,12,16-17,33-36,38-43,45H2,1-6H3,(H2,85,106)(H,89,103)(H,90,107)(H,92,108)(H,93,110)(H,94,109)(H,95,112)(H,96,111)(H,97,114)(H,98,113)(H3,86,91,116)(H2,99,100,105,117)/t48-,60-,61-,62+,63+,64+,65-,66+,67-,68-,69-/m0/s1. The number of likely N-dealkylation sites (tertiary alicyclic amines) is 1. The van der Waals surface area contributed by atoms with Crippen LogP contribution in [0.1, 0.15) is 121 Å². The fraction of sp³-hybridized carbons (Fsp3) is 0.422. The maximum atomic E-state index is 15.5. The van der Waals surface area contributed by atoms with E-state index in [0.29, 0.717) is 59.5 Å². The molecule has 624 valence electrons. The van der Waals surface area contributed by atoms with Gasteiger partial charge in [-0.15, -0.1) is 0 Å². The number of carbonyl (C=O) groups is 15. The predicted molar refractivity (Wildman–Crippen MR) is 435 cm³/mol. The van der Waals surface area contributed by atoms with Crippen LogP contribution in [0.5, 0.6) is 0 Å². The minimum Gasteiger partial charge on any atom is -0.394 e. The Morgan fingerprint density at radius 3 is 1.56 bits per heavy atom. The van der Waals surface area contributed by atoms with Crippen LogP contribution < -0.4 is 80.6 Å². The lowest BCUT2D eigenvalue weighted by molar-refractivity contribution is -0.142. The van der Waals surface area contributed by atoms with Gasteiger partial charge >= 0.3 is 12.1 Å². The molecule has 0 saturated carbocycles. The van der Waals surface area contributed by atoms with E-state index < -0.39 is 162 Å². The van der Waals surface area contributed by atoms with Crippen molar-refractivity contribution in [2.45, 2.75) is 191 Å². The monoisotopic (exact) mass is 1630 g/mol. The number of ketones is 1. The number of urea groups is 2. The van der Waals surface area contributed by atoms with Crippen molar-refractivity contribution in [3.63, 3.8) is 0 Å². The number of hydrogen-bond acceptors (Lipinski definition) is 18. The van der Waals surface area contributed by atoms with Crippen LogP contribution in [-0.4, -0.2) is 190 Å². The van der Waals surface area contributed by atoms with Crippen LogP contribution in [0.4, 0.5) is 21.0 Å². The second kappa shape index (κ2) is 44.0. The van der Waals surface area contributed by atoms with Crippen LogP contribution in [0.15, 0.2) is 140 Å². The average molecular weight is 1630 g/mol. The maximum absolute atomic E-state index is 15.5. The van der Waals surface area contributed by atoms with Crippen LogP contribution in [-0.2, 0) is 94.4 Å². The van der Waals surface area contributed by atoms with Gasteiger partial charge in [0.25, 0.3) is 0 Å². The van der Waals surface area contributed by atoms with Crippen molar-refractivity contribution in [2.75, 3.05) is 30.3 Å². The molecule has 34 heteroatoms. The zero-order valence-corrected chi connectivity index (χ0v) is 66.9. The molecule has 2 aliphatic rings. The summed E-state index contributed by atoms with van der Waals surface area (Å²) < 4.78 is 0. The van der Waals surface area contributed by atoms with Crippen molar-refractivity contribution < 1.29 is 77.0 Å². The molecule has 0 aliphatic carbocycles. The Balaban J connectivity index is 1.10. The Morgan fingerprint density at radius 1 is 0.556 bits per heavy atom. The van der Waals surface area contributed by atoms with Crippen molar-refractivity contribution in [2.24, 2.45) is 23.3 Å². The summed E-state index contributed by atoms with van der Waals surface area (Å²) in [5, 5.41) is 47.9. The molecule has 5 aromatic carbocycles. The first-order chi connectivity index (χ1) is 55.8. The van der Waals surface area contributed by atoms with Gasteiger partial charge in [0.2, 0.25) is 70.9 Å². The molecule has 11 atom stereocenters. The number of unbranched alkanes of at least 4 members (excludes halogenated alkanes) is 1. The number of fused-ring (bicyclic) bond motifs is 1. The molecule has 18 N–H and O–H groups in total. The number of nitrogens with one attached hydrogen (secondary N) is 13. The van der Waals surface area contributed by atoms with Gasteiger partial charge in [-0.05, 0) is 132 Å². The molecular formula is C83H104ClN17O16. The number of amides is 16. The normalized spacial score (nSPS) is 16.2. The highest BCUT2D eigenvalue weighted by Gasteiger charge is 2.41. The van der Waals surface area contributed by atoms with E-state index in [1.54, 1.807) is 50.2 Å². The molecule has 0 radical (unpaired) electrons. The van der Waals surface area contributed by atoms with Gasteiger partial charge in [0.05, 0.1) is 19.1 Å². The minimum atomic E-state index is -1.92. The first kappa shape index (κ1) is 90.3. The van der Waals surface area contributed by atoms with Crippen molar-refractivity contribution in [1.29, 1.82) is 0 Å². The number of aromatic nitrogens is 1. The Kier molecular flexibility index (Phi) is 34.0. The number of aliphatic hydroxyl groups excluding tert-OH is 1. The van der Waals surface area contributed by atoms with Crippen LogP contribution in [0.3, 0.4) is 0 Å². The van der Waals surface area contributed by atoms with Crippen molar-refractivity contribution in [1.82, 2.24) is 68.4 Å². The molecular weight excluding hydrogens is 1530 g/mol. The van der Waals surface area contributed by atoms with E-state index >= 15 is 14.4 Å². The van der Waals surface area contributed by atoms with Gasteiger partial charge in [-0.3, -0.25) is 72.6 Å². The van der Waals surface area contributed by atoms with E-state index in [-0.39, 0.29) is 92.6 Å². The average Bonchev–Trinajstić information content (AvgIpc) is 1.81. The smallest absolute Gasteiger partial charge is 0.322 e. The van der Waals surface area contributed by atoms with Gasteiger partial charge in [0.1, 0.15) is 54.4 Å². The minimum absolute atomic E-state index is 0.00537. The number of pyridine rings is 1. The fourth-order valence-electron chi connectivity index (χ4n) is 13.6. The lowest BCUT2D eigenvalue weighted by Crippen LogP contribution is -2.61. The third kappa shape index (κ3) is 28.6. The largest absolute Gasteiger partial charge is 0.394 e. The van der Waals surface area contributed by atoms with Crippen molar-refractivity contribution in [3.05, 3.63) is 173 Å². The van der Waals surface area contributed by atoms with Gasteiger partial charge < -0.3 is 85.3 Å². The number of Topliss-reactive ketones (excluding diaryl/α,β-unsaturated/α-hetero) is 1. The third-order valence-corrected chi connectivity index (χ3v) is 20.0. The maximum Gasteiger partial charge on any atom is 0.322 e. The van der Waals surface area contributed by atoms with Gasteiger partial charge in [-0.2, -0.15) is 0 Å². The lowest BCUT2D eigenvalue weighted by Gasteiger charge is -2.31. The van der Waals surface area contributed by atoms with Crippen LogP contribution in [0.25, 0.3) is 10.8 Å². The number of imide groups is 1. The fourth-order valence-corrected chi connectivity index (χ4v) is 13.7. The Bertz CT molecular complexity index is 4520. The Morgan fingerprint density at radius 2 is 1.04 bits per heavy atom. The summed E-state index contributed by atoms with van der Waals surface area (Å²) >= 11 is 6.27. The number of rotatable bonds is 42. The van der Waals surface area contributed by atoms with Gasteiger partial charge in [-0.1, -0.05) is 131 Å². The van der Waals surface area contributed by atoms with Crippen molar-refractivity contribution >= 4 is 122 Å². The molecule has 2 saturated heterocycles. The molecule has 16 amide bonds. The van der Waals surface area contributed by atoms with Gasteiger partial charge in [0.15, 0.2) is 5.78 Å². The Hall–Kier alpha value is -12.2. The number of anilines is 2. The number of benzene rings is 5. The summed E-state index contributed by atoms with van der Waals surface area (Å²) in [6.45, 7) is 9.93. The number of nitrogens with two attached hydrogens (primary N) is 2. The molecule has 3 heterocycles. The van der Waals surface area contributed by atoms with Crippen LogP contribution >= 0.6 is 11.6 Å². The molecule has 6 aromatic rings. The second-order valence-electron chi connectivity index (χ2n) is 30.1. The SMILES string of the molecule is CC(=O)N[C@H](Cc1ccc2ccccc2c1)C(=O)N[C@H](Cc1ccc(Cl)cc1)C(=O)N[C@H](Cc1cccnc1)C(=O)N[C@@H](CO)C(=O)N[C@@H](Cc1ccc(NC(=O)[C@@H]2CC(=O)NC(=O)N2)cc1)C(=O)N[C@H](Cc1ccc(NC(N)=O)cc1)C(=O)N[C@@H](CC(C)C)C(=O)N[C@@H](CCCCNC(C)C)C(=O)N1CCC[C@H]1C(=O)C[C@H](C)C(N)=O. The zero-order valence-electron chi connectivity index (χ0n) is 66.1. The van der Waals surface area contributed by atoms with Gasteiger partial charge in [0, 0.05) is 92.7 Å². The highest BCUT2D eigenvalue weighted by molar-refractivity contribution is 6.30. The molecule has 0 spiro atoms. The van der Waals surface area contributed by atoms with E-state index in [4.69, 9.17) is 23.1 Å². The molecule has 2 fully saturated rings. The topological polar surface area (TPSA) is 501 Å². The number of halogens is 1. The first-order valence-corrected chi connectivity index (χ1v) is 39.3. The molecule has 0 unspecified atom stereocenters. The van der Waals surface area contributed by atoms with E-state index in [1.807, 2.05) is 56.3 Å². The van der Waals surface area contributed by atoms with Crippen LogP contribution in [0, 0.1) is 11.8 Å². The number of nitrogens with zero attached hydrogens (tertiary/aromatic N) is 2. The quantitative estimate of drug-likeness (QED) is 0.0245. The van der Waals surface area contributed by atoms with Crippen molar-refractivity contribution in [3.8, 4) is 0 Å². The first-order valence-electron chi connectivity index (χ1n) is 38.9. The number of primary amides is 2. The summed E-state index contributed by atoms with van der Waals surface area (Å²) in [6, 6.07) is 18.6. The Labute approximate surface area is 682 Å². The number of aliphatic hydroxyl groups is 1. The molecule has 0 bridgehead atoms. The number of carbonyl (C=O) groups excluding carboxylic acids is 15. The molecule has 1 aromatic heterocycles. The molecule has 8 rings (SSSR count). The third-order valence-electron chi connectivity index (χ3n) is 19.7.